The van der Waals surface area contributed by atoms with Crippen molar-refractivity contribution in [3.05, 3.63) is 277 Å². The summed E-state index contributed by atoms with van der Waals surface area (Å²) in [6.45, 7) is 0. The lowest BCUT2D eigenvalue weighted by Gasteiger charge is -2.32. The fraction of sp³-hybridized carbons (Fsp3) is 0.0294. The minimum Gasteiger partial charge on any atom is -0.309 e. The van der Waals surface area contributed by atoms with Crippen LogP contribution in [-0.4, -0.2) is 0 Å². The van der Waals surface area contributed by atoms with E-state index in [9.17, 15) is 0 Å². The number of nitrogens with zero attached hydrogens (tertiary/aromatic N) is 2. The highest BCUT2D eigenvalue weighted by Gasteiger charge is 2.29. The molecule has 14 rings (SSSR count). The molecule has 0 atom stereocenters. The number of hydrogen-bond acceptors (Lipinski definition) is 2. The Morgan fingerprint density at radius 3 is 0.929 bits per heavy atom. The molecule has 0 spiro atoms. The van der Waals surface area contributed by atoms with Crippen LogP contribution in [0, 0.1) is 0 Å². The standard InChI is InChI=1S/C68H46N2/c1-7-27-51-45(19-1)23-13-39-63(51)69(65-37-11-9-29-57(65)55-33-15-31-53-49-25-5-3-21-47(49)43-61(53)55)67-41-17-36-60-59(67)35-18-42-68(60)70(64-40-14-24-46-20-2-8-28-52(46)64)66-38-12-10-30-58(66)56-34-16-32-54-50-26-6-4-22-48(50)44-62(54)56/h1-42H,43-44H2. The lowest BCUT2D eigenvalue weighted by Crippen LogP contribution is -2.14. The van der Waals surface area contributed by atoms with E-state index in [1.165, 1.54) is 88.3 Å². The second-order valence-electron chi connectivity index (χ2n) is 18.7. The Morgan fingerprint density at radius 1 is 0.200 bits per heavy atom. The highest BCUT2D eigenvalue weighted by molar-refractivity contribution is 6.12. The van der Waals surface area contributed by atoms with Crippen LogP contribution in [0.4, 0.5) is 34.1 Å². The fourth-order valence-electron chi connectivity index (χ4n) is 11.9. The molecule has 0 N–H and O–H groups in total. The SMILES string of the molecule is c1ccc2c(c1)Cc1c-2cccc1-c1ccccc1N(c1cccc2ccccc12)c1cccc2c(N(c3ccccc3-c3cccc4c3Cc3ccccc3-4)c3cccc4ccccc34)cccc12. The first-order valence-corrected chi connectivity index (χ1v) is 24.4. The van der Waals surface area contributed by atoms with Gasteiger partial charge >= 0.3 is 0 Å². The van der Waals surface area contributed by atoms with E-state index in [2.05, 4.69) is 265 Å². The van der Waals surface area contributed by atoms with Crippen molar-refractivity contribution in [2.75, 3.05) is 9.80 Å². The van der Waals surface area contributed by atoms with Crippen molar-refractivity contribution in [3.63, 3.8) is 0 Å². The summed E-state index contributed by atoms with van der Waals surface area (Å²) in [4.78, 5) is 5.07. The molecular weight excluding hydrogens is 845 g/mol. The minimum absolute atomic E-state index is 0.909. The summed E-state index contributed by atoms with van der Waals surface area (Å²) in [5, 5.41) is 7.12. The molecule has 0 saturated heterocycles. The highest BCUT2D eigenvalue weighted by Crippen LogP contribution is 2.52. The van der Waals surface area contributed by atoms with Gasteiger partial charge in [-0.1, -0.05) is 218 Å². The van der Waals surface area contributed by atoms with Gasteiger partial charge in [0.25, 0.3) is 0 Å². The number of para-hydroxylation sites is 2. The molecule has 0 aromatic heterocycles. The van der Waals surface area contributed by atoms with E-state index >= 15 is 0 Å². The zero-order valence-corrected chi connectivity index (χ0v) is 38.6. The number of anilines is 6. The van der Waals surface area contributed by atoms with Crippen LogP contribution in [0.15, 0.2) is 255 Å². The lowest BCUT2D eigenvalue weighted by atomic mass is 9.93. The van der Waals surface area contributed by atoms with Crippen molar-refractivity contribution < 1.29 is 0 Å². The number of benzene rings is 12. The Labute approximate surface area is 408 Å². The maximum Gasteiger partial charge on any atom is 0.0541 e. The summed E-state index contributed by atoms with van der Waals surface area (Å²) >= 11 is 0. The van der Waals surface area contributed by atoms with Crippen LogP contribution in [-0.2, 0) is 12.8 Å². The van der Waals surface area contributed by atoms with Gasteiger partial charge in [-0.2, -0.15) is 0 Å². The third-order valence-corrected chi connectivity index (χ3v) is 14.9. The third kappa shape index (κ3) is 6.34. The van der Waals surface area contributed by atoms with Crippen LogP contribution in [0.2, 0.25) is 0 Å². The van der Waals surface area contributed by atoms with Crippen molar-refractivity contribution in [1.82, 2.24) is 0 Å². The molecule has 0 aliphatic heterocycles. The Morgan fingerprint density at radius 2 is 0.471 bits per heavy atom. The Kier molecular flexibility index (Phi) is 9.38. The van der Waals surface area contributed by atoms with Crippen molar-refractivity contribution >= 4 is 66.4 Å². The second-order valence-corrected chi connectivity index (χ2v) is 18.7. The zero-order chi connectivity index (χ0) is 46.1. The smallest absolute Gasteiger partial charge is 0.0541 e. The quantitative estimate of drug-likeness (QED) is 0.150. The summed E-state index contributed by atoms with van der Waals surface area (Å²) < 4.78 is 0. The Bertz CT molecular complexity index is 3770. The van der Waals surface area contributed by atoms with Crippen LogP contribution in [0.5, 0.6) is 0 Å². The van der Waals surface area contributed by atoms with Crippen LogP contribution in [0.1, 0.15) is 22.3 Å². The Hall–Kier alpha value is -8.98. The summed E-state index contributed by atoms with van der Waals surface area (Å²) in [5.74, 6) is 0. The molecule has 12 aromatic carbocycles. The fourth-order valence-corrected chi connectivity index (χ4v) is 11.9. The van der Waals surface area contributed by atoms with Gasteiger partial charge < -0.3 is 9.80 Å². The molecule has 0 fully saturated rings. The molecule has 2 aliphatic carbocycles. The highest BCUT2D eigenvalue weighted by atomic mass is 15.2. The van der Waals surface area contributed by atoms with E-state index < -0.39 is 0 Å². The van der Waals surface area contributed by atoms with Crippen molar-refractivity contribution in [2.24, 2.45) is 0 Å². The molecule has 0 saturated carbocycles. The van der Waals surface area contributed by atoms with E-state index in [1.807, 2.05) is 0 Å². The normalized spacial score (nSPS) is 12.2. The monoisotopic (exact) mass is 890 g/mol. The van der Waals surface area contributed by atoms with Crippen LogP contribution in [0.3, 0.4) is 0 Å². The van der Waals surface area contributed by atoms with E-state index in [0.717, 1.165) is 57.7 Å². The van der Waals surface area contributed by atoms with Gasteiger partial charge in [-0.25, -0.2) is 0 Å². The van der Waals surface area contributed by atoms with Gasteiger partial charge in [0, 0.05) is 32.7 Å². The van der Waals surface area contributed by atoms with E-state index in [0.29, 0.717) is 0 Å². The number of fused-ring (bicyclic) bond motifs is 9. The first-order valence-electron chi connectivity index (χ1n) is 24.4. The van der Waals surface area contributed by atoms with Gasteiger partial charge in [-0.3, -0.25) is 0 Å². The molecule has 0 unspecified atom stereocenters. The molecule has 0 radical (unpaired) electrons. The molecule has 0 amide bonds. The summed E-state index contributed by atoms with van der Waals surface area (Å²) in [7, 11) is 0. The predicted octanol–water partition coefficient (Wildman–Crippen LogP) is 18.6. The molecule has 2 heteroatoms. The molecule has 12 aromatic rings. The molecular formula is C68H46N2. The molecule has 0 bridgehead atoms. The first kappa shape index (κ1) is 40.1. The largest absolute Gasteiger partial charge is 0.309 e. The van der Waals surface area contributed by atoms with Gasteiger partial charge in [0.15, 0.2) is 0 Å². The van der Waals surface area contributed by atoms with E-state index in [4.69, 9.17) is 0 Å². The molecule has 2 nitrogen and oxygen atoms in total. The van der Waals surface area contributed by atoms with Crippen LogP contribution in [0.25, 0.3) is 76.8 Å². The van der Waals surface area contributed by atoms with Gasteiger partial charge in [-0.05, 0) is 116 Å². The van der Waals surface area contributed by atoms with Gasteiger partial charge in [-0.15, -0.1) is 0 Å². The van der Waals surface area contributed by atoms with Gasteiger partial charge in [0.05, 0.1) is 34.1 Å². The maximum atomic E-state index is 2.53. The van der Waals surface area contributed by atoms with Crippen LogP contribution >= 0.6 is 0 Å². The van der Waals surface area contributed by atoms with Crippen molar-refractivity contribution in [2.45, 2.75) is 12.8 Å². The Balaban J connectivity index is 1.02. The summed E-state index contributed by atoms with van der Waals surface area (Å²) in [6, 6.07) is 94.4. The molecule has 2 aliphatic rings. The molecule has 0 heterocycles. The first-order chi connectivity index (χ1) is 34.8. The number of hydrogen-bond donors (Lipinski definition) is 0. The van der Waals surface area contributed by atoms with E-state index in [1.54, 1.807) is 0 Å². The van der Waals surface area contributed by atoms with Crippen molar-refractivity contribution in [3.8, 4) is 44.5 Å². The molecule has 328 valence electrons. The van der Waals surface area contributed by atoms with Gasteiger partial charge in [0.1, 0.15) is 0 Å². The second kappa shape index (κ2) is 16.4. The lowest BCUT2D eigenvalue weighted by molar-refractivity contribution is 1.25. The van der Waals surface area contributed by atoms with Crippen molar-refractivity contribution in [1.29, 1.82) is 0 Å². The molecule has 70 heavy (non-hydrogen) atoms. The summed E-state index contributed by atoms with van der Waals surface area (Å²) in [6.07, 6.45) is 1.82. The average molecular weight is 891 g/mol. The maximum absolute atomic E-state index is 2.53. The third-order valence-electron chi connectivity index (χ3n) is 14.9. The average Bonchev–Trinajstić information content (AvgIpc) is 4.01. The van der Waals surface area contributed by atoms with Gasteiger partial charge in [0.2, 0.25) is 0 Å². The van der Waals surface area contributed by atoms with Crippen LogP contribution < -0.4 is 9.80 Å². The topological polar surface area (TPSA) is 6.48 Å². The van der Waals surface area contributed by atoms with E-state index in [-0.39, 0.29) is 0 Å². The predicted molar refractivity (Wildman–Crippen MR) is 296 cm³/mol. The summed E-state index contributed by atoms with van der Waals surface area (Å²) in [5.41, 5.74) is 22.6. The number of rotatable bonds is 8. The zero-order valence-electron chi connectivity index (χ0n) is 38.6. The minimum atomic E-state index is 0.909.